The number of amides is 3. The molecule has 0 radical (unpaired) electrons. The highest BCUT2D eigenvalue weighted by atomic mass is 32.2. The van der Waals surface area contributed by atoms with Gasteiger partial charge in [0.25, 0.3) is 17.5 Å². The molecule has 3 aromatic carbocycles. The molecule has 1 heterocycles. The Morgan fingerprint density at radius 3 is 2.46 bits per heavy atom. The van der Waals surface area contributed by atoms with Crippen LogP contribution >= 0.6 is 23.1 Å². The number of benzene rings is 3. The molecule has 11 nitrogen and oxygen atoms in total. The SMILES string of the molecule is CCOC(=O)c1c(NC(=O)C(C)Sc2cccc(NC(=O)/C(=C\c3ccccc3[N+](=O)[O-])NC(=O)c3ccccc3)c2)sc2c1CCCCC2. The van der Waals surface area contributed by atoms with Crippen molar-refractivity contribution in [3.8, 4) is 0 Å². The van der Waals surface area contributed by atoms with Crippen molar-refractivity contribution in [3.05, 3.63) is 122 Å². The third kappa shape index (κ3) is 9.04. The normalized spacial score (nSPS) is 13.3. The van der Waals surface area contributed by atoms with E-state index in [9.17, 15) is 29.3 Å². The van der Waals surface area contributed by atoms with Crippen LogP contribution in [-0.2, 0) is 27.2 Å². The van der Waals surface area contributed by atoms with Gasteiger partial charge in [0.1, 0.15) is 10.7 Å². The van der Waals surface area contributed by atoms with Gasteiger partial charge < -0.3 is 20.7 Å². The summed E-state index contributed by atoms with van der Waals surface area (Å²) >= 11 is 2.70. The number of anilines is 2. The second-order valence-electron chi connectivity index (χ2n) is 11.4. The number of aryl methyl sites for hydroxylation is 1. The Bertz CT molecular complexity index is 1940. The van der Waals surface area contributed by atoms with Crippen LogP contribution in [0.3, 0.4) is 0 Å². The van der Waals surface area contributed by atoms with Gasteiger partial charge in [0.2, 0.25) is 5.91 Å². The lowest BCUT2D eigenvalue weighted by Crippen LogP contribution is -2.30. The van der Waals surface area contributed by atoms with Gasteiger partial charge in [-0.1, -0.05) is 42.8 Å². The second kappa shape index (κ2) is 16.9. The number of esters is 1. The first-order chi connectivity index (χ1) is 24.1. The van der Waals surface area contributed by atoms with Crippen molar-refractivity contribution in [3.63, 3.8) is 0 Å². The van der Waals surface area contributed by atoms with Gasteiger partial charge in [-0.3, -0.25) is 24.5 Å². The van der Waals surface area contributed by atoms with Gasteiger partial charge in [-0.15, -0.1) is 23.1 Å². The van der Waals surface area contributed by atoms with Gasteiger partial charge in [-0.2, -0.15) is 0 Å². The number of carbonyl (C=O) groups excluding carboxylic acids is 4. The number of thioether (sulfide) groups is 1. The Morgan fingerprint density at radius 1 is 0.960 bits per heavy atom. The fourth-order valence-corrected chi connectivity index (χ4v) is 7.65. The van der Waals surface area contributed by atoms with Crippen LogP contribution in [-0.4, -0.2) is 40.5 Å². The summed E-state index contributed by atoms with van der Waals surface area (Å²) in [5, 5.41) is 19.9. The third-order valence-corrected chi connectivity index (χ3v) is 10.2. The number of rotatable bonds is 12. The van der Waals surface area contributed by atoms with E-state index in [1.54, 1.807) is 74.5 Å². The van der Waals surface area contributed by atoms with Gasteiger partial charge in [0, 0.05) is 27.1 Å². The van der Waals surface area contributed by atoms with Gasteiger partial charge >= 0.3 is 5.97 Å². The fraction of sp³-hybridized carbons (Fsp3) is 0.243. The standard InChI is InChI=1S/C37H36N4O7S2/c1-3-48-37(45)32-28-18-8-5-9-20-31(28)50-36(32)40-33(42)23(2)49-27-17-12-16-26(22-27)38-35(44)29(39-34(43)24-13-6-4-7-14-24)21-25-15-10-11-19-30(25)41(46)47/h4,6-7,10-17,19,21-23H,3,5,8-9,18,20H2,1-2H3,(H,38,44)(H,39,43)(H,40,42)/b29-21+. The minimum atomic E-state index is -0.704. The zero-order valence-electron chi connectivity index (χ0n) is 27.5. The van der Waals surface area contributed by atoms with Crippen molar-refractivity contribution >= 4 is 69.2 Å². The van der Waals surface area contributed by atoms with Gasteiger partial charge in [0.15, 0.2) is 0 Å². The van der Waals surface area contributed by atoms with Crippen LogP contribution in [0.4, 0.5) is 16.4 Å². The first-order valence-corrected chi connectivity index (χ1v) is 17.9. The van der Waals surface area contributed by atoms with Gasteiger partial charge in [-0.05, 0) is 87.6 Å². The Hall–Kier alpha value is -5.27. The average molecular weight is 713 g/mol. The van der Waals surface area contributed by atoms with Crippen LogP contribution < -0.4 is 16.0 Å². The maximum absolute atomic E-state index is 13.6. The van der Waals surface area contributed by atoms with Crippen LogP contribution in [0.2, 0.25) is 0 Å². The maximum atomic E-state index is 13.6. The summed E-state index contributed by atoms with van der Waals surface area (Å²) in [6, 6.07) is 21.0. The predicted molar refractivity (Wildman–Crippen MR) is 196 cm³/mol. The Labute approximate surface area is 297 Å². The van der Waals surface area contributed by atoms with Crippen LogP contribution in [0.15, 0.2) is 89.5 Å². The van der Waals surface area contributed by atoms with E-state index < -0.39 is 28.0 Å². The third-order valence-electron chi connectivity index (χ3n) is 7.87. The van der Waals surface area contributed by atoms with E-state index >= 15 is 0 Å². The first-order valence-electron chi connectivity index (χ1n) is 16.2. The lowest BCUT2D eigenvalue weighted by molar-refractivity contribution is -0.385. The molecule has 0 saturated carbocycles. The minimum Gasteiger partial charge on any atom is -0.462 e. The number of hydrogen-bond donors (Lipinski definition) is 3. The Balaban J connectivity index is 1.32. The zero-order chi connectivity index (χ0) is 35.6. The molecular weight excluding hydrogens is 677 g/mol. The summed E-state index contributed by atoms with van der Waals surface area (Å²) in [5.74, 6) is -1.99. The van der Waals surface area contributed by atoms with Crippen LogP contribution in [0, 0.1) is 10.1 Å². The molecule has 1 atom stereocenters. The molecule has 0 spiro atoms. The number of nitro groups is 1. The van der Waals surface area contributed by atoms with E-state index in [1.165, 1.54) is 47.4 Å². The number of carbonyl (C=O) groups is 4. The number of fused-ring (bicyclic) bond motifs is 1. The van der Waals surface area contributed by atoms with E-state index in [-0.39, 0.29) is 29.5 Å². The van der Waals surface area contributed by atoms with E-state index in [2.05, 4.69) is 16.0 Å². The van der Waals surface area contributed by atoms with Crippen molar-refractivity contribution in [2.24, 2.45) is 0 Å². The summed E-state index contributed by atoms with van der Waals surface area (Å²) < 4.78 is 5.35. The molecule has 4 aromatic rings. The number of hydrogen-bond acceptors (Lipinski definition) is 9. The zero-order valence-corrected chi connectivity index (χ0v) is 29.2. The summed E-state index contributed by atoms with van der Waals surface area (Å²) in [5.41, 5.74) is 1.80. The number of nitrogens with one attached hydrogen (secondary N) is 3. The molecule has 0 fully saturated rings. The fourth-order valence-electron chi connectivity index (χ4n) is 5.44. The van der Waals surface area contributed by atoms with E-state index in [0.717, 1.165) is 42.5 Å². The molecule has 1 aromatic heterocycles. The highest BCUT2D eigenvalue weighted by Crippen LogP contribution is 2.38. The summed E-state index contributed by atoms with van der Waals surface area (Å²) in [6.45, 7) is 3.74. The van der Waals surface area contributed by atoms with E-state index in [0.29, 0.717) is 26.7 Å². The molecule has 0 bridgehead atoms. The Kier molecular flexibility index (Phi) is 12.2. The molecule has 0 aliphatic heterocycles. The largest absolute Gasteiger partial charge is 0.462 e. The molecule has 258 valence electrons. The number of para-hydroxylation sites is 1. The van der Waals surface area contributed by atoms with E-state index in [4.69, 9.17) is 4.74 Å². The van der Waals surface area contributed by atoms with Crippen molar-refractivity contribution in [2.75, 3.05) is 17.2 Å². The predicted octanol–water partition coefficient (Wildman–Crippen LogP) is 7.63. The topological polar surface area (TPSA) is 157 Å². The molecular formula is C37H36N4O7S2. The van der Waals surface area contributed by atoms with Crippen molar-refractivity contribution < 1.29 is 28.8 Å². The van der Waals surface area contributed by atoms with Gasteiger partial charge in [-0.25, -0.2) is 4.79 Å². The van der Waals surface area contributed by atoms with Crippen LogP contribution in [0.1, 0.15) is 69.8 Å². The lowest BCUT2D eigenvalue weighted by Gasteiger charge is -2.14. The first kappa shape index (κ1) is 36.0. The molecule has 13 heteroatoms. The molecule has 3 N–H and O–H groups in total. The van der Waals surface area contributed by atoms with Crippen molar-refractivity contribution in [2.45, 2.75) is 56.1 Å². The molecule has 0 saturated heterocycles. The molecule has 5 rings (SSSR count). The summed E-state index contributed by atoms with van der Waals surface area (Å²) in [7, 11) is 0. The van der Waals surface area contributed by atoms with Crippen LogP contribution in [0.5, 0.6) is 0 Å². The lowest BCUT2D eigenvalue weighted by atomic mass is 10.1. The van der Waals surface area contributed by atoms with Crippen molar-refractivity contribution in [1.29, 1.82) is 0 Å². The molecule has 3 amide bonds. The van der Waals surface area contributed by atoms with Gasteiger partial charge in [0.05, 0.1) is 27.9 Å². The molecule has 1 aliphatic rings. The average Bonchev–Trinajstić information content (AvgIpc) is 3.28. The molecule has 50 heavy (non-hydrogen) atoms. The minimum absolute atomic E-state index is 0.133. The summed E-state index contributed by atoms with van der Waals surface area (Å²) in [6.07, 6.45) is 5.99. The highest BCUT2D eigenvalue weighted by Gasteiger charge is 2.28. The monoisotopic (exact) mass is 712 g/mol. The summed E-state index contributed by atoms with van der Waals surface area (Å²) in [4.78, 5) is 65.8. The quantitative estimate of drug-likeness (QED) is 0.0338. The molecule has 1 aliphatic carbocycles. The Morgan fingerprint density at radius 2 is 1.70 bits per heavy atom. The van der Waals surface area contributed by atoms with E-state index in [1.807, 2.05) is 0 Å². The van der Waals surface area contributed by atoms with Crippen LogP contribution in [0.25, 0.3) is 6.08 Å². The highest BCUT2D eigenvalue weighted by molar-refractivity contribution is 8.00. The number of thiophene rings is 1. The maximum Gasteiger partial charge on any atom is 0.341 e. The number of nitrogens with zero attached hydrogens (tertiary/aromatic N) is 1. The smallest absolute Gasteiger partial charge is 0.341 e. The molecule has 1 unspecified atom stereocenters. The second-order valence-corrected chi connectivity index (χ2v) is 13.9. The number of ether oxygens (including phenoxy) is 1. The van der Waals surface area contributed by atoms with Crippen molar-refractivity contribution in [1.82, 2.24) is 5.32 Å². The number of nitro benzene ring substituents is 1.